The van der Waals surface area contributed by atoms with Crippen LogP contribution in [0.5, 0.6) is 0 Å². The summed E-state index contributed by atoms with van der Waals surface area (Å²) in [6, 6.07) is 8.59. The summed E-state index contributed by atoms with van der Waals surface area (Å²) < 4.78 is 5.03. The zero-order valence-electron chi connectivity index (χ0n) is 13.8. The van der Waals surface area contributed by atoms with Gasteiger partial charge in [-0.2, -0.15) is 5.10 Å². The highest BCUT2D eigenvalue weighted by Gasteiger charge is 2.18. The number of nitrogens with one attached hydrogen (secondary N) is 3. The fraction of sp³-hybridized carbons (Fsp3) is 0.235. The number of aromatic amines is 1. The van der Waals surface area contributed by atoms with E-state index in [-0.39, 0.29) is 5.97 Å². The third-order valence-corrected chi connectivity index (χ3v) is 3.35. The van der Waals surface area contributed by atoms with Gasteiger partial charge >= 0.3 is 12.0 Å². The summed E-state index contributed by atoms with van der Waals surface area (Å²) in [5.41, 5.74) is 5.59. The van der Waals surface area contributed by atoms with Crippen LogP contribution < -0.4 is 10.7 Å². The van der Waals surface area contributed by atoms with Gasteiger partial charge in [-0.25, -0.2) is 15.0 Å². The van der Waals surface area contributed by atoms with Crippen LogP contribution in [0.2, 0.25) is 0 Å². The number of benzene rings is 1. The van der Waals surface area contributed by atoms with E-state index in [2.05, 4.69) is 20.8 Å². The van der Waals surface area contributed by atoms with E-state index in [9.17, 15) is 9.59 Å². The van der Waals surface area contributed by atoms with E-state index >= 15 is 0 Å². The average molecular weight is 328 g/mol. The highest BCUT2D eigenvalue weighted by molar-refractivity contribution is 5.96. The van der Waals surface area contributed by atoms with Gasteiger partial charge in [-0.05, 0) is 38.5 Å². The molecule has 0 unspecified atom stereocenters. The van der Waals surface area contributed by atoms with Gasteiger partial charge in [0, 0.05) is 11.4 Å². The first kappa shape index (κ1) is 17.3. The van der Waals surface area contributed by atoms with Gasteiger partial charge in [0.15, 0.2) is 0 Å². The van der Waals surface area contributed by atoms with Crippen LogP contribution in [-0.4, -0.2) is 29.8 Å². The van der Waals surface area contributed by atoms with Crippen molar-refractivity contribution in [3.05, 3.63) is 52.8 Å². The summed E-state index contributed by atoms with van der Waals surface area (Å²) in [7, 11) is 0. The fourth-order valence-electron chi connectivity index (χ4n) is 2.25. The molecule has 0 atom stereocenters. The minimum Gasteiger partial charge on any atom is -0.462 e. The van der Waals surface area contributed by atoms with Crippen molar-refractivity contribution in [3.8, 4) is 0 Å². The Balaban J connectivity index is 2.00. The highest BCUT2D eigenvalue weighted by Crippen LogP contribution is 2.17. The Kier molecular flexibility index (Phi) is 5.73. The number of ether oxygens (including phenoxy) is 1. The van der Waals surface area contributed by atoms with Crippen molar-refractivity contribution in [1.29, 1.82) is 0 Å². The molecule has 24 heavy (non-hydrogen) atoms. The monoisotopic (exact) mass is 328 g/mol. The summed E-state index contributed by atoms with van der Waals surface area (Å²) >= 11 is 0. The molecule has 0 saturated heterocycles. The largest absolute Gasteiger partial charge is 0.462 e. The highest BCUT2D eigenvalue weighted by atomic mass is 16.5. The second-order valence-corrected chi connectivity index (χ2v) is 5.07. The van der Waals surface area contributed by atoms with Crippen LogP contribution in [0.15, 0.2) is 35.4 Å². The van der Waals surface area contributed by atoms with Crippen LogP contribution in [0.25, 0.3) is 0 Å². The molecule has 7 heteroatoms. The van der Waals surface area contributed by atoms with E-state index in [4.69, 9.17) is 4.74 Å². The lowest BCUT2D eigenvalue weighted by atomic mass is 10.1. The maximum Gasteiger partial charge on any atom is 0.340 e. The number of para-hydroxylation sites is 1. The summed E-state index contributed by atoms with van der Waals surface area (Å²) in [6.45, 7) is 5.65. The molecule has 126 valence electrons. The van der Waals surface area contributed by atoms with Gasteiger partial charge in [0.1, 0.15) is 0 Å². The molecule has 3 N–H and O–H groups in total. The van der Waals surface area contributed by atoms with E-state index in [1.807, 2.05) is 18.2 Å². The van der Waals surface area contributed by atoms with E-state index in [1.165, 1.54) is 6.21 Å². The third-order valence-electron chi connectivity index (χ3n) is 3.35. The molecular formula is C17H20N4O3. The number of H-pyrrole nitrogens is 1. The second kappa shape index (κ2) is 7.96. The first-order valence-electron chi connectivity index (χ1n) is 7.54. The van der Waals surface area contributed by atoms with Crippen molar-refractivity contribution in [1.82, 2.24) is 10.4 Å². The minimum absolute atomic E-state index is 0.313. The molecule has 2 amide bonds. The Morgan fingerprint density at radius 3 is 2.62 bits per heavy atom. The molecular weight excluding hydrogens is 308 g/mol. The van der Waals surface area contributed by atoms with Gasteiger partial charge in [0.2, 0.25) is 0 Å². The van der Waals surface area contributed by atoms with E-state index in [0.29, 0.717) is 29.2 Å². The smallest absolute Gasteiger partial charge is 0.340 e. The van der Waals surface area contributed by atoms with Crippen molar-refractivity contribution < 1.29 is 14.3 Å². The number of carbonyl (C=O) groups excluding carboxylic acids is 2. The van der Waals surface area contributed by atoms with Crippen molar-refractivity contribution in [2.24, 2.45) is 5.10 Å². The maximum absolute atomic E-state index is 11.9. The Labute approximate surface area is 140 Å². The van der Waals surface area contributed by atoms with Crippen molar-refractivity contribution in [3.63, 3.8) is 0 Å². The van der Waals surface area contributed by atoms with E-state index < -0.39 is 6.03 Å². The number of aryl methyl sites for hydroxylation is 1. The number of esters is 1. The number of nitrogens with zero attached hydrogens (tertiary/aromatic N) is 1. The molecule has 0 spiro atoms. The zero-order chi connectivity index (χ0) is 17.5. The zero-order valence-corrected chi connectivity index (χ0v) is 13.8. The maximum atomic E-state index is 11.9. The fourth-order valence-corrected chi connectivity index (χ4v) is 2.25. The number of aromatic nitrogens is 1. The Morgan fingerprint density at radius 1 is 1.25 bits per heavy atom. The Hall–Kier alpha value is -3.09. The predicted molar refractivity (Wildman–Crippen MR) is 92.4 cm³/mol. The SMILES string of the molecule is CCOC(=O)c1c(C)[nH]c(/C=N/NC(=O)Nc2ccccc2)c1C. The molecule has 1 heterocycles. The second-order valence-electron chi connectivity index (χ2n) is 5.07. The molecule has 7 nitrogen and oxygen atoms in total. The molecule has 1 aromatic carbocycles. The van der Waals surface area contributed by atoms with Crippen LogP contribution >= 0.6 is 0 Å². The molecule has 1 aromatic heterocycles. The number of anilines is 1. The lowest BCUT2D eigenvalue weighted by molar-refractivity contribution is 0.0525. The van der Waals surface area contributed by atoms with E-state index in [0.717, 1.165) is 5.56 Å². The average Bonchev–Trinajstić information content (AvgIpc) is 2.82. The first-order valence-corrected chi connectivity index (χ1v) is 7.54. The van der Waals surface area contributed by atoms with Gasteiger partial charge in [-0.3, -0.25) is 0 Å². The van der Waals surface area contributed by atoms with Crippen LogP contribution in [0.3, 0.4) is 0 Å². The first-order chi connectivity index (χ1) is 11.5. The molecule has 2 aromatic rings. The van der Waals surface area contributed by atoms with Gasteiger partial charge < -0.3 is 15.0 Å². The molecule has 0 aliphatic carbocycles. The quantitative estimate of drug-likeness (QED) is 0.447. The molecule has 0 fully saturated rings. The lowest BCUT2D eigenvalue weighted by Gasteiger charge is -2.03. The number of hydrogen-bond acceptors (Lipinski definition) is 4. The Bertz CT molecular complexity index is 751. The lowest BCUT2D eigenvalue weighted by Crippen LogP contribution is -2.24. The van der Waals surface area contributed by atoms with Gasteiger partial charge in [-0.1, -0.05) is 18.2 Å². The molecule has 0 aliphatic heterocycles. The number of hydrogen-bond donors (Lipinski definition) is 3. The number of urea groups is 1. The van der Waals surface area contributed by atoms with Crippen LogP contribution in [0.4, 0.5) is 10.5 Å². The van der Waals surface area contributed by atoms with Crippen LogP contribution in [0.1, 0.15) is 34.2 Å². The van der Waals surface area contributed by atoms with Crippen molar-refractivity contribution in [2.45, 2.75) is 20.8 Å². The van der Waals surface area contributed by atoms with Gasteiger partial charge in [-0.15, -0.1) is 0 Å². The van der Waals surface area contributed by atoms with Gasteiger partial charge in [0.05, 0.1) is 24.1 Å². The number of carbonyl (C=O) groups is 2. The summed E-state index contributed by atoms with van der Waals surface area (Å²) in [4.78, 5) is 26.7. The summed E-state index contributed by atoms with van der Waals surface area (Å²) in [6.07, 6.45) is 1.45. The number of hydrazone groups is 1. The normalized spacial score (nSPS) is 10.6. The third kappa shape index (κ3) is 4.22. The topological polar surface area (TPSA) is 95.6 Å². The number of rotatable bonds is 5. The molecule has 2 rings (SSSR count). The van der Waals surface area contributed by atoms with Crippen LogP contribution in [-0.2, 0) is 4.74 Å². The van der Waals surface area contributed by atoms with E-state index in [1.54, 1.807) is 32.9 Å². The molecule has 0 aliphatic rings. The van der Waals surface area contributed by atoms with Crippen LogP contribution in [0, 0.1) is 13.8 Å². The number of amides is 2. The minimum atomic E-state index is -0.455. The molecule has 0 saturated carbocycles. The van der Waals surface area contributed by atoms with Crippen molar-refractivity contribution >= 4 is 23.9 Å². The summed E-state index contributed by atoms with van der Waals surface area (Å²) in [5.74, 6) is -0.377. The summed E-state index contributed by atoms with van der Waals surface area (Å²) in [5, 5.41) is 6.53. The Morgan fingerprint density at radius 2 is 1.96 bits per heavy atom. The predicted octanol–water partition coefficient (Wildman–Crippen LogP) is 2.96. The molecule has 0 bridgehead atoms. The molecule has 0 radical (unpaired) electrons. The van der Waals surface area contributed by atoms with Crippen molar-refractivity contribution in [2.75, 3.05) is 11.9 Å². The van der Waals surface area contributed by atoms with Gasteiger partial charge in [0.25, 0.3) is 0 Å². The standard InChI is InChI=1S/C17H20N4O3/c1-4-24-16(22)15-11(2)14(19-12(15)3)10-18-21-17(23)20-13-8-6-5-7-9-13/h5-10,19H,4H2,1-3H3,(H2,20,21,23)/b18-10+.